The molecule has 1 amide bonds. The van der Waals surface area contributed by atoms with Crippen molar-refractivity contribution < 1.29 is 18.7 Å². The highest BCUT2D eigenvalue weighted by Crippen LogP contribution is 2.37. The third-order valence-corrected chi connectivity index (χ3v) is 3.43. The molecule has 0 aromatic heterocycles. The third kappa shape index (κ3) is 3.14. The number of amides is 1. The first-order valence-corrected chi connectivity index (χ1v) is 6.88. The molecule has 0 aliphatic heterocycles. The summed E-state index contributed by atoms with van der Waals surface area (Å²) in [5, 5.41) is 2.44. The Hall–Kier alpha value is -2.27. The van der Waals surface area contributed by atoms with Crippen LogP contribution in [0.25, 0.3) is 0 Å². The maximum Gasteiger partial charge on any atom is 0.254 e. The summed E-state index contributed by atoms with van der Waals surface area (Å²) in [4.78, 5) is 11.9. The molecule has 116 valence electrons. The summed E-state index contributed by atoms with van der Waals surface area (Å²) in [6.07, 6.45) is 0. The summed E-state index contributed by atoms with van der Waals surface area (Å²) < 4.78 is 24.5. The first-order chi connectivity index (χ1) is 10.5. The minimum absolute atomic E-state index is 0.0146. The highest BCUT2D eigenvalue weighted by molar-refractivity contribution is 6.32. The summed E-state index contributed by atoms with van der Waals surface area (Å²) in [5.41, 5.74) is 0.767. The van der Waals surface area contributed by atoms with Crippen molar-refractivity contribution in [3.8, 4) is 17.2 Å². The van der Waals surface area contributed by atoms with Crippen LogP contribution in [0.3, 0.4) is 0 Å². The fourth-order valence-corrected chi connectivity index (χ4v) is 2.25. The summed E-state index contributed by atoms with van der Waals surface area (Å²) in [6.45, 7) is 1.81. The fraction of sp³-hybridized carbons (Fsp3) is 0.188. The molecule has 0 aliphatic rings. The Morgan fingerprint density at radius 3 is 2.59 bits per heavy atom. The van der Waals surface area contributed by atoms with Crippen LogP contribution in [-0.4, -0.2) is 20.1 Å². The van der Waals surface area contributed by atoms with Crippen LogP contribution < -0.4 is 14.8 Å². The minimum Gasteiger partial charge on any atom is -0.496 e. The van der Waals surface area contributed by atoms with E-state index in [4.69, 9.17) is 21.1 Å². The van der Waals surface area contributed by atoms with Gasteiger partial charge in [-0.2, -0.15) is 0 Å². The average molecular weight is 324 g/mol. The predicted octanol–water partition coefficient (Wildman–Crippen LogP) is 3.95. The smallest absolute Gasteiger partial charge is 0.254 e. The van der Waals surface area contributed by atoms with E-state index in [0.29, 0.717) is 11.5 Å². The highest BCUT2D eigenvalue weighted by Gasteiger charge is 2.19. The second-order valence-electron chi connectivity index (χ2n) is 4.53. The molecule has 2 rings (SSSR count). The van der Waals surface area contributed by atoms with Crippen molar-refractivity contribution in [2.75, 3.05) is 14.2 Å². The van der Waals surface area contributed by atoms with Crippen LogP contribution in [0.4, 0.5) is 4.39 Å². The minimum atomic E-state index is -0.613. The summed E-state index contributed by atoms with van der Waals surface area (Å²) in [6, 6.07) is 7.42. The van der Waals surface area contributed by atoms with Crippen LogP contribution in [-0.2, 0) is 0 Å². The number of ether oxygens (including phenoxy) is 2. The normalized spacial score (nSPS) is 10.2. The molecule has 0 saturated carbocycles. The van der Waals surface area contributed by atoms with Crippen LogP contribution in [0, 0.1) is 12.7 Å². The Morgan fingerprint density at radius 1 is 1.27 bits per heavy atom. The maximum absolute atomic E-state index is 13.5. The fourth-order valence-electron chi connectivity index (χ4n) is 2.00. The Bertz CT molecular complexity index is 719. The van der Waals surface area contributed by atoms with E-state index in [2.05, 4.69) is 5.32 Å². The molecule has 2 aromatic carbocycles. The van der Waals surface area contributed by atoms with Crippen LogP contribution >= 0.6 is 11.6 Å². The molecule has 0 bridgehead atoms. The van der Waals surface area contributed by atoms with Gasteiger partial charge in [0.05, 0.1) is 17.7 Å². The number of carbonyl (C=O) groups is 1. The van der Waals surface area contributed by atoms with Crippen LogP contribution in [0.5, 0.6) is 17.2 Å². The number of halogens is 2. The van der Waals surface area contributed by atoms with E-state index in [1.807, 2.05) is 6.92 Å². The first-order valence-electron chi connectivity index (χ1n) is 6.50. The number of rotatable bonds is 4. The largest absolute Gasteiger partial charge is 0.496 e. The van der Waals surface area contributed by atoms with Gasteiger partial charge < -0.3 is 14.8 Å². The Kier molecular flexibility index (Phi) is 4.88. The van der Waals surface area contributed by atoms with Crippen molar-refractivity contribution in [2.24, 2.45) is 0 Å². The Labute approximate surface area is 132 Å². The van der Waals surface area contributed by atoms with Gasteiger partial charge in [-0.05, 0) is 31.2 Å². The lowest BCUT2D eigenvalue weighted by Gasteiger charge is -2.15. The van der Waals surface area contributed by atoms with Crippen LogP contribution in [0.15, 0.2) is 30.3 Å². The first kappa shape index (κ1) is 16.1. The van der Waals surface area contributed by atoms with Crippen molar-refractivity contribution in [2.45, 2.75) is 6.92 Å². The van der Waals surface area contributed by atoms with Crippen molar-refractivity contribution in [1.82, 2.24) is 5.32 Å². The van der Waals surface area contributed by atoms with Gasteiger partial charge in [-0.3, -0.25) is 4.79 Å². The summed E-state index contributed by atoms with van der Waals surface area (Å²) in [5.74, 6) is 0.101. The molecule has 1 N–H and O–H groups in total. The monoisotopic (exact) mass is 323 g/mol. The summed E-state index contributed by atoms with van der Waals surface area (Å²) >= 11 is 6.04. The van der Waals surface area contributed by atoms with E-state index in [-0.39, 0.29) is 16.3 Å². The van der Waals surface area contributed by atoms with Crippen LogP contribution in [0.2, 0.25) is 5.02 Å². The number of carbonyl (C=O) groups excluding carboxylic acids is 1. The molecule has 4 nitrogen and oxygen atoms in total. The van der Waals surface area contributed by atoms with E-state index in [9.17, 15) is 9.18 Å². The molecule has 2 aromatic rings. The Balaban J connectivity index is 2.52. The van der Waals surface area contributed by atoms with Crippen molar-refractivity contribution in [3.05, 3.63) is 52.3 Å². The predicted molar refractivity (Wildman–Crippen MR) is 82.6 cm³/mol. The van der Waals surface area contributed by atoms with E-state index >= 15 is 0 Å². The standard InChI is InChI=1S/C16H15ClFNO3/c1-9-13(21-3)5-4-6-14(9)22-15-11(16(20)19-2)7-10(18)8-12(15)17/h4-8H,1-3H3,(H,19,20). The van der Waals surface area contributed by atoms with Gasteiger partial charge in [0, 0.05) is 12.6 Å². The zero-order valence-corrected chi connectivity index (χ0v) is 13.1. The number of hydrogen-bond acceptors (Lipinski definition) is 3. The number of nitrogens with one attached hydrogen (secondary N) is 1. The molecular formula is C16H15ClFNO3. The molecule has 0 spiro atoms. The van der Waals surface area contributed by atoms with Gasteiger partial charge in [-0.15, -0.1) is 0 Å². The quantitative estimate of drug-likeness (QED) is 0.926. The van der Waals surface area contributed by atoms with E-state index in [1.54, 1.807) is 25.3 Å². The topological polar surface area (TPSA) is 47.6 Å². The maximum atomic E-state index is 13.5. The second-order valence-corrected chi connectivity index (χ2v) is 4.94. The van der Waals surface area contributed by atoms with Crippen molar-refractivity contribution >= 4 is 17.5 Å². The number of hydrogen-bond donors (Lipinski definition) is 1. The zero-order chi connectivity index (χ0) is 16.3. The average Bonchev–Trinajstić information content (AvgIpc) is 2.50. The number of methoxy groups -OCH3 is 1. The van der Waals surface area contributed by atoms with Gasteiger partial charge in [-0.1, -0.05) is 17.7 Å². The highest BCUT2D eigenvalue weighted by atomic mass is 35.5. The molecule has 0 radical (unpaired) electrons. The van der Waals surface area contributed by atoms with Gasteiger partial charge in [0.2, 0.25) is 0 Å². The molecule has 0 unspecified atom stereocenters. The second kappa shape index (κ2) is 6.66. The molecule has 0 heterocycles. The van der Waals surface area contributed by atoms with E-state index in [1.165, 1.54) is 7.05 Å². The van der Waals surface area contributed by atoms with E-state index < -0.39 is 11.7 Å². The lowest BCUT2D eigenvalue weighted by Crippen LogP contribution is -2.19. The van der Waals surface area contributed by atoms with Gasteiger partial charge in [0.25, 0.3) is 5.91 Å². The molecule has 6 heteroatoms. The van der Waals surface area contributed by atoms with E-state index in [0.717, 1.165) is 17.7 Å². The molecule has 0 atom stereocenters. The number of benzene rings is 2. The molecule has 0 saturated heterocycles. The lowest BCUT2D eigenvalue weighted by molar-refractivity contribution is 0.0960. The molecule has 0 fully saturated rings. The van der Waals surface area contributed by atoms with Crippen molar-refractivity contribution in [1.29, 1.82) is 0 Å². The summed E-state index contributed by atoms with van der Waals surface area (Å²) in [7, 11) is 2.99. The van der Waals surface area contributed by atoms with Crippen LogP contribution in [0.1, 0.15) is 15.9 Å². The van der Waals surface area contributed by atoms with Gasteiger partial charge in [-0.25, -0.2) is 4.39 Å². The molecular weight excluding hydrogens is 309 g/mol. The SMILES string of the molecule is CNC(=O)c1cc(F)cc(Cl)c1Oc1cccc(OC)c1C. The Morgan fingerprint density at radius 2 is 1.95 bits per heavy atom. The van der Waals surface area contributed by atoms with Gasteiger partial charge in [0.15, 0.2) is 5.75 Å². The van der Waals surface area contributed by atoms with Crippen molar-refractivity contribution in [3.63, 3.8) is 0 Å². The van der Waals surface area contributed by atoms with Gasteiger partial charge in [0.1, 0.15) is 17.3 Å². The zero-order valence-electron chi connectivity index (χ0n) is 12.4. The third-order valence-electron chi connectivity index (χ3n) is 3.15. The molecule has 0 aliphatic carbocycles. The molecule has 22 heavy (non-hydrogen) atoms. The lowest BCUT2D eigenvalue weighted by atomic mass is 10.1. The van der Waals surface area contributed by atoms with Gasteiger partial charge >= 0.3 is 0 Å².